The summed E-state index contributed by atoms with van der Waals surface area (Å²) in [5, 5.41) is 0. The maximum atomic E-state index is 11.7. The van der Waals surface area contributed by atoms with Crippen molar-refractivity contribution in [2.45, 2.75) is 18.9 Å². The van der Waals surface area contributed by atoms with E-state index in [1.165, 1.54) is 0 Å². The lowest BCUT2D eigenvalue weighted by Crippen LogP contribution is -2.33. The van der Waals surface area contributed by atoms with E-state index in [1.54, 1.807) is 4.90 Å². The zero-order valence-electron chi connectivity index (χ0n) is 9.15. The highest BCUT2D eigenvalue weighted by atomic mass is 79.9. The van der Waals surface area contributed by atoms with Gasteiger partial charge in [-0.15, -0.1) is 0 Å². The first-order valence-electron chi connectivity index (χ1n) is 5.31. The lowest BCUT2D eigenvalue weighted by Gasteiger charge is -2.16. The number of amides is 1. The normalized spacial score (nSPS) is 14.6. The Labute approximate surface area is 104 Å². The molecule has 1 aromatic carbocycles. The van der Waals surface area contributed by atoms with Gasteiger partial charge < -0.3 is 9.64 Å². The molecule has 1 amide bonds. The number of para-hydroxylation sites is 1. The number of rotatable bonds is 4. The minimum Gasteiger partial charge on any atom is -0.483 e. The lowest BCUT2D eigenvalue weighted by molar-refractivity contribution is -0.132. The number of hydrogen-bond acceptors (Lipinski definition) is 2. The number of hydrogen-bond donors (Lipinski definition) is 0. The molecule has 1 fully saturated rings. The van der Waals surface area contributed by atoms with E-state index in [-0.39, 0.29) is 12.5 Å². The molecule has 0 spiro atoms. The van der Waals surface area contributed by atoms with Crippen molar-refractivity contribution >= 4 is 21.8 Å². The Morgan fingerprint density at radius 3 is 2.81 bits per heavy atom. The largest absolute Gasteiger partial charge is 0.483 e. The molecule has 1 aliphatic carbocycles. The molecule has 1 saturated carbocycles. The van der Waals surface area contributed by atoms with Crippen LogP contribution in [0.3, 0.4) is 0 Å². The highest BCUT2D eigenvalue weighted by Crippen LogP contribution is 2.26. The number of likely N-dealkylation sites (N-methyl/N-ethyl adjacent to an activating group) is 1. The molecular formula is C12H14BrNO2. The van der Waals surface area contributed by atoms with Crippen molar-refractivity contribution in [2.24, 2.45) is 0 Å². The summed E-state index contributed by atoms with van der Waals surface area (Å²) in [4.78, 5) is 13.5. The van der Waals surface area contributed by atoms with Crippen LogP contribution in [-0.4, -0.2) is 30.5 Å². The molecule has 1 aliphatic rings. The molecule has 0 N–H and O–H groups in total. The van der Waals surface area contributed by atoms with E-state index in [4.69, 9.17) is 4.74 Å². The molecule has 2 rings (SSSR count). The van der Waals surface area contributed by atoms with Gasteiger partial charge in [-0.25, -0.2) is 0 Å². The van der Waals surface area contributed by atoms with Gasteiger partial charge in [0.05, 0.1) is 4.47 Å². The first kappa shape index (κ1) is 11.5. The first-order chi connectivity index (χ1) is 7.68. The van der Waals surface area contributed by atoms with Crippen molar-refractivity contribution in [1.29, 1.82) is 0 Å². The maximum absolute atomic E-state index is 11.7. The standard InChI is InChI=1S/C12H14BrNO2/c1-14(9-6-7-9)12(15)8-16-11-5-3-2-4-10(11)13/h2-5,9H,6-8H2,1H3. The molecule has 4 heteroatoms. The maximum Gasteiger partial charge on any atom is 0.260 e. The minimum absolute atomic E-state index is 0.0400. The van der Waals surface area contributed by atoms with Gasteiger partial charge >= 0.3 is 0 Å². The number of carbonyl (C=O) groups is 1. The van der Waals surface area contributed by atoms with Crippen molar-refractivity contribution in [3.63, 3.8) is 0 Å². The lowest BCUT2D eigenvalue weighted by atomic mass is 10.3. The zero-order valence-corrected chi connectivity index (χ0v) is 10.7. The Morgan fingerprint density at radius 1 is 1.50 bits per heavy atom. The van der Waals surface area contributed by atoms with Gasteiger partial charge in [0.1, 0.15) is 5.75 Å². The van der Waals surface area contributed by atoms with Gasteiger partial charge in [-0.2, -0.15) is 0 Å². The van der Waals surface area contributed by atoms with Crippen molar-refractivity contribution in [1.82, 2.24) is 4.90 Å². The summed E-state index contributed by atoms with van der Waals surface area (Å²) in [6.45, 7) is 0.107. The van der Waals surface area contributed by atoms with E-state index < -0.39 is 0 Å². The first-order valence-corrected chi connectivity index (χ1v) is 6.11. The molecule has 0 radical (unpaired) electrons. The summed E-state index contributed by atoms with van der Waals surface area (Å²) in [7, 11) is 1.84. The third-order valence-corrected chi connectivity index (χ3v) is 3.33. The monoisotopic (exact) mass is 283 g/mol. The average molecular weight is 284 g/mol. The molecule has 1 aromatic rings. The Morgan fingerprint density at radius 2 is 2.19 bits per heavy atom. The Balaban J connectivity index is 1.87. The van der Waals surface area contributed by atoms with Gasteiger partial charge in [0.2, 0.25) is 0 Å². The van der Waals surface area contributed by atoms with E-state index in [0.717, 1.165) is 17.3 Å². The molecule has 0 aliphatic heterocycles. The Bertz CT molecular complexity index is 390. The second-order valence-electron chi connectivity index (χ2n) is 3.95. The zero-order chi connectivity index (χ0) is 11.5. The molecule has 86 valence electrons. The second kappa shape index (κ2) is 4.87. The van der Waals surface area contributed by atoms with Crippen molar-refractivity contribution in [3.05, 3.63) is 28.7 Å². The fourth-order valence-electron chi connectivity index (χ4n) is 1.47. The van der Waals surface area contributed by atoms with Crippen molar-refractivity contribution in [3.8, 4) is 5.75 Å². The molecule has 3 nitrogen and oxygen atoms in total. The Hall–Kier alpha value is -1.03. The van der Waals surface area contributed by atoms with E-state index in [9.17, 15) is 4.79 Å². The summed E-state index contributed by atoms with van der Waals surface area (Å²) >= 11 is 3.37. The average Bonchev–Trinajstić information content (AvgIpc) is 3.10. The van der Waals surface area contributed by atoms with Crippen LogP contribution in [-0.2, 0) is 4.79 Å². The second-order valence-corrected chi connectivity index (χ2v) is 4.81. The molecule has 0 atom stereocenters. The van der Waals surface area contributed by atoms with Gasteiger partial charge in [0.15, 0.2) is 6.61 Å². The Kier molecular flexibility index (Phi) is 3.49. The summed E-state index contributed by atoms with van der Waals surface area (Å²) in [5.74, 6) is 0.748. The summed E-state index contributed by atoms with van der Waals surface area (Å²) < 4.78 is 6.33. The fourth-order valence-corrected chi connectivity index (χ4v) is 1.87. The third kappa shape index (κ3) is 2.76. The van der Waals surface area contributed by atoms with Crippen LogP contribution in [0.15, 0.2) is 28.7 Å². The van der Waals surface area contributed by atoms with E-state index in [0.29, 0.717) is 11.8 Å². The van der Waals surface area contributed by atoms with Crippen LogP contribution in [0.1, 0.15) is 12.8 Å². The number of halogens is 1. The predicted octanol–water partition coefficient (Wildman–Crippen LogP) is 2.45. The molecule has 0 saturated heterocycles. The van der Waals surface area contributed by atoms with Gasteiger partial charge in [-0.3, -0.25) is 4.79 Å². The van der Waals surface area contributed by atoms with Gasteiger partial charge in [0.25, 0.3) is 5.91 Å². The van der Waals surface area contributed by atoms with Crippen LogP contribution in [0, 0.1) is 0 Å². The number of carbonyl (C=O) groups excluding carboxylic acids is 1. The number of nitrogens with zero attached hydrogens (tertiary/aromatic N) is 1. The van der Waals surface area contributed by atoms with Crippen LogP contribution in [0.2, 0.25) is 0 Å². The van der Waals surface area contributed by atoms with Gasteiger partial charge in [-0.1, -0.05) is 12.1 Å². The topological polar surface area (TPSA) is 29.5 Å². The molecule has 0 heterocycles. The SMILES string of the molecule is CN(C(=O)COc1ccccc1Br)C1CC1. The molecule has 0 unspecified atom stereocenters. The van der Waals surface area contributed by atoms with E-state index in [1.807, 2.05) is 31.3 Å². The van der Waals surface area contributed by atoms with E-state index >= 15 is 0 Å². The number of benzene rings is 1. The van der Waals surface area contributed by atoms with Crippen LogP contribution in [0.25, 0.3) is 0 Å². The third-order valence-electron chi connectivity index (χ3n) is 2.68. The van der Waals surface area contributed by atoms with Crippen LogP contribution >= 0.6 is 15.9 Å². The summed E-state index contributed by atoms with van der Waals surface area (Å²) in [5.41, 5.74) is 0. The van der Waals surface area contributed by atoms with Crippen molar-refractivity contribution in [2.75, 3.05) is 13.7 Å². The fraction of sp³-hybridized carbons (Fsp3) is 0.417. The van der Waals surface area contributed by atoms with Crippen LogP contribution < -0.4 is 4.74 Å². The van der Waals surface area contributed by atoms with Gasteiger partial charge in [0, 0.05) is 13.1 Å². The van der Waals surface area contributed by atoms with Crippen molar-refractivity contribution < 1.29 is 9.53 Å². The summed E-state index contributed by atoms with van der Waals surface area (Å²) in [6.07, 6.45) is 2.24. The van der Waals surface area contributed by atoms with Crippen LogP contribution in [0.5, 0.6) is 5.75 Å². The molecular weight excluding hydrogens is 270 g/mol. The smallest absolute Gasteiger partial charge is 0.260 e. The molecule has 16 heavy (non-hydrogen) atoms. The number of ether oxygens (including phenoxy) is 1. The highest BCUT2D eigenvalue weighted by Gasteiger charge is 2.29. The molecule has 0 bridgehead atoms. The molecule has 0 aromatic heterocycles. The highest BCUT2D eigenvalue weighted by molar-refractivity contribution is 9.10. The quantitative estimate of drug-likeness (QED) is 0.850. The predicted molar refractivity (Wildman–Crippen MR) is 65.4 cm³/mol. The van der Waals surface area contributed by atoms with E-state index in [2.05, 4.69) is 15.9 Å². The minimum atomic E-state index is 0.0400. The van der Waals surface area contributed by atoms with Crippen LogP contribution in [0.4, 0.5) is 0 Å². The summed E-state index contributed by atoms with van der Waals surface area (Å²) in [6, 6.07) is 7.97. The van der Waals surface area contributed by atoms with Gasteiger partial charge in [-0.05, 0) is 40.9 Å².